The molecule has 0 aliphatic carbocycles. The van der Waals surface area contributed by atoms with Crippen LogP contribution in [0.25, 0.3) is 0 Å². The van der Waals surface area contributed by atoms with Gasteiger partial charge in [0.05, 0.1) is 6.54 Å². The molecule has 6 heteroatoms. The zero-order valence-electron chi connectivity index (χ0n) is 15.6. The molecule has 0 aromatic heterocycles. The van der Waals surface area contributed by atoms with E-state index in [2.05, 4.69) is 51.7 Å². The van der Waals surface area contributed by atoms with E-state index in [4.69, 9.17) is 4.74 Å². The van der Waals surface area contributed by atoms with E-state index in [1.165, 1.54) is 37.1 Å². The molecule has 0 bridgehead atoms. The van der Waals surface area contributed by atoms with Gasteiger partial charge in [0.1, 0.15) is 0 Å². The van der Waals surface area contributed by atoms with Gasteiger partial charge in [-0.25, -0.2) is 4.99 Å². The van der Waals surface area contributed by atoms with Crippen molar-refractivity contribution in [2.75, 3.05) is 39.9 Å². The van der Waals surface area contributed by atoms with Gasteiger partial charge in [0.15, 0.2) is 5.96 Å². The van der Waals surface area contributed by atoms with Crippen LogP contribution in [-0.2, 0) is 17.8 Å². The maximum absolute atomic E-state index is 5.07. The number of rotatable bonds is 9. The van der Waals surface area contributed by atoms with Gasteiger partial charge in [-0.3, -0.25) is 4.90 Å². The van der Waals surface area contributed by atoms with Gasteiger partial charge in [0, 0.05) is 33.4 Å². The molecule has 1 saturated heterocycles. The lowest BCUT2D eigenvalue weighted by molar-refractivity contribution is 0.195. The number of halogens is 1. The van der Waals surface area contributed by atoms with Gasteiger partial charge in [-0.1, -0.05) is 24.3 Å². The molecule has 2 N–H and O–H groups in total. The molecule has 0 saturated carbocycles. The van der Waals surface area contributed by atoms with E-state index >= 15 is 0 Å². The zero-order chi connectivity index (χ0) is 17.0. The van der Waals surface area contributed by atoms with Crippen LogP contribution in [0.2, 0.25) is 0 Å². The highest BCUT2D eigenvalue weighted by molar-refractivity contribution is 14.0. The SMILES string of the molecule is CCNC(=NCc1ccc(CN2CCCC2)cc1)NCCCOC.I. The Morgan fingerprint density at radius 3 is 2.44 bits per heavy atom. The molecule has 142 valence electrons. The van der Waals surface area contributed by atoms with E-state index in [9.17, 15) is 0 Å². The number of likely N-dealkylation sites (tertiary alicyclic amines) is 1. The second-order valence-electron chi connectivity index (χ2n) is 6.27. The van der Waals surface area contributed by atoms with Gasteiger partial charge in [-0.15, -0.1) is 24.0 Å². The first-order chi connectivity index (χ1) is 11.8. The van der Waals surface area contributed by atoms with E-state index in [0.29, 0.717) is 6.54 Å². The number of nitrogens with zero attached hydrogens (tertiary/aromatic N) is 2. The monoisotopic (exact) mass is 460 g/mol. The Balaban J connectivity index is 0.00000312. The van der Waals surface area contributed by atoms with Crippen molar-refractivity contribution >= 4 is 29.9 Å². The summed E-state index contributed by atoms with van der Waals surface area (Å²) in [5.74, 6) is 0.870. The van der Waals surface area contributed by atoms with Crippen LogP contribution in [0.4, 0.5) is 0 Å². The first-order valence-corrected chi connectivity index (χ1v) is 9.13. The Bertz CT molecular complexity index is 487. The highest BCUT2D eigenvalue weighted by Crippen LogP contribution is 2.13. The van der Waals surface area contributed by atoms with Crippen LogP contribution in [0.5, 0.6) is 0 Å². The van der Waals surface area contributed by atoms with Crippen molar-refractivity contribution in [3.05, 3.63) is 35.4 Å². The minimum Gasteiger partial charge on any atom is -0.385 e. The molecule has 1 aliphatic rings. The predicted molar refractivity (Wildman–Crippen MR) is 116 cm³/mol. The topological polar surface area (TPSA) is 48.9 Å². The molecule has 25 heavy (non-hydrogen) atoms. The molecule has 1 aromatic rings. The number of hydrogen-bond acceptors (Lipinski definition) is 3. The number of nitrogens with one attached hydrogen (secondary N) is 2. The smallest absolute Gasteiger partial charge is 0.191 e. The summed E-state index contributed by atoms with van der Waals surface area (Å²) in [6.45, 7) is 8.85. The third kappa shape index (κ3) is 8.87. The van der Waals surface area contributed by atoms with Crippen molar-refractivity contribution in [1.29, 1.82) is 0 Å². The van der Waals surface area contributed by atoms with Crippen LogP contribution in [0, 0.1) is 0 Å². The van der Waals surface area contributed by atoms with E-state index in [-0.39, 0.29) is 24.0 Å². The second-order valence-corrected chi connectivity index (χ2v) is 6.27. The molecule has 1 aliphatic heterocycles. The molecular weight excluding hydrogens is 427 g/mol. The summed E-state index contributed by atoms with van der Waals surface area (Å²) in [5.41, 5.74) is 2.64. The number of methoxy groups -OCH3 is 1. The highest BCUT2D eigenvalue weighted by Gasteiger charge is 2.11. The molecule has 5 nitrogen and oxygen atoms in total. The average Bonchev–Trinajstić information content (AvgIpc) is 3.11. The number of aliphatic imine (C=N–C) groups is 1. The quantitative estimate of drug-likeness (QED) is 0.258. The fourth-order valence-electron chi connectivity index (χ4n) is 2.88. The Labute approximate surface area is 169 Å². The normalized spacial score (nSPS) is 15.0. The predicted octanol–water partition coefficient (Wildman–Crippen LogP) is 2.99. The van der Waals surface area contributed by atoms with Crippen molar-refractivity contribution in [2.45, 2.75) is 39.3 Å². The first-order valence-electron chi connectivity index (χ1n) is 9.13. The fourth-order valence-corrected chi connectivity index (χ4v) is 2.88. The van der Waals surface area contributed by atoms with E-state index in [0.717, 1.165) is 38.6 Å². The Morgan fingerprint density at radius 1 is 1.12 bits per heavy atom. The summed E-state index contributed by atoms with van der Waals surface area (Å²) in [5, 5.41) is 6.62. The molecule has 0 unspecified atom stereocenters. The molecule has 0 amide bonds. The second kappa shape index (κ2) is 13.4. The summed E-state index contributed by atoms with van der Waals surface area (Å²) in [4.78, 5) is 7.19. The van der Waals surface area contributed by atoms with E-state index in [1.54, 1.807) is 7.11 Å². The summed E-state index contributed by atoms with van der Waals surface area (Å²) >= 11 is 0. The first kappa shape index (κ1) is 22.2. The number of hydrogen-bond donors (Lipinski definition) is 2. The third-order valence-corrected chi connectivity index (χ3v) is 4.21. The van der Waals surface area contributed by atoms with Gasteiger partial charge in [-0.05, 0) is 50.4 Å². The van der Waals surface area contributed by atoms with Crippen LogP contribution >= 0.6 is 24.0 Å². The number of benzene rings is 1. The lowest BCUT2D eigenvalue weighted by atomic mass is 10.1. The van der Waals surface area contributed by atoms with Crippen LogP contribution in [0.1, 0.15) is 37.3 Å². The van der Waals surface area contributed by atoms with Crippen molar-refractivity contribution in [3.63, 3.8) is 0 Å². The molecule has 2 rings (SSSR count). The molecule has 0 spiro atoms. The molecule has 1 fully saturated rings. The van der Waals surface area contributed by atoms with E-state index < -0.39 is 0 Å². The summed E-state index contributed by atoms with van der Waals surface area (Å²) in [6.07, 6.45) is 3.67. The molecule has 1 heterocycles. The minimum absolute atomic E-state index is 0. The Hall–Kier alpha value is -0.860. The van der Waals surface area contributed by atoms with Crippen LogP contribution in [0.3, 0.4) is 0 Å². The van der Waals surface area contributed by atoms with Gasteiger partial charge >= 0.3 is 0 Å². The largest absolute Gasteiger partial charge is 0.385 e. The summed E-state index contributed by atoms with van der Waals surface area (Å²) in [6, 6.07) is 8.87. The van der Waals surface area contributed by atoms with Crippen LogP contribution in [0.15, 0.2) is 29.3 Å². The molecule has 0 atom stereocenters. The fraction of sp³-hybridized carbons (Fsp3) is 0.632. The average molecular weight is 460 g/mol. The van der Waals surface area contributed by atoms with Crippen LogP contribution < -0.4 is 10.6 Å². The van der Waals surface area contributed by atoms with E-state index in [1.807, 2.05) is 0 Å². The maximum Gasteiger partial charge on any atom is 0.191 e. The number of guanidine groups is 1. The van der Waals surface area contributed by atoms with Gasteiger partial charge in [0.2, 0.25) is 0 Å². The summed E-state index contributed by atoms with van der Waals surface area (Å²) < 4.78 is 5.07. The van der Waals surface area contributed by atoms with Crippen molar-refractivity contribution in [1.82, 2.24) is 15.5 Å². The minimum atomic E-state index is 0. The van der Waals surface area contributed by atoms with Crippen LogP contribution in [-0.4, -0.2) is 50.8 Å². The standard InChI is InChI=1S/C19H32N4O.HI/c1-3-20-19(21-11-6-14-24-2)22-15-17-7-9-18(10-8-17)16-23-12-4-5-13-23;/h7-10H,3-6,11-16H2,1-2H3,(H2,20,21,22);1H. The van der Waals surface area contributed by atoms with Gasteiger partial charge < -0.3 is 15.4 Å². The number of ether oxygens (including phenoxy) is 1. The molecule has 1 aromatic carbocycles. The lowest BCUT2D eigenvalue weighted by Gasteiger charge is -2.14. The zero-order valence-corrected chi connectivity index (χ0v) is 17.9. The highest BCUT2D eigenvalue weighted by atomic mass is 127. The Morgan fingerprint density at radius 2 is 1.80 bits per heavy atom. The molecular formula is C19H33IN4O. The van der Waals surface area contributed by atoms with Crippen molar-refractivity contribution in [2.24, 2.45) is 4.99 Å². The molecule has 0 radical (unpaired) electrons. The maximum atomic E-state index is 5.07. The van der Waals surface area contributed by atoms with Crippen molar-refractivity contribution in [3.8, 4) is 0 Å². The Kier molecular flexibility index (Phi) is 11.9. The van der Waals surface area contributed by atoms with Gasteiger partial charge in [-0.2, -0.15) is 0 Å². The lowest BCUT2D eigenvalue weighted by Crippen LogP contribution is -2.38. The summed E-state index contributed by atoms with van der Waals surface area (Å²) in [7, 11) is 1.73. The van der Waals surface area contributed by atoms with Gasteiger partial charge in [0.25, 0.3) is 0 Å². The third-order valence-electron chi connectivity index (χ3n) is 4.21. The van der Waals surface area contributed by atoms with Crippen molar-refractivity contribution < 1.29 is 4.74 Å².